The van der Waals surface area contributed by atoms with E-state index >= 15 is 4.39 Å². The number of carbonyl (C=O) groups is 1. The van der Waals surface area contributed by atoms with Gasteiger partial charge in [-0.05, 0) is 56.7 Å². The molecule has 4 rings (SSSR count). The molecule has 2 aliphatic rings. The van der Waals surface area contributed by atoms with Crippen LogP contribution < -0.4 is 16.2 Å². The van der Waals surface area contributed by atoms with Crippen LogP contribution in [0.2, 0.25) is 0 Å². The van der Waals surface area contributed by atoms with E-state index < -0.39 is 11.5 Å². The molecule has 0 radical (unpaired) electrons. The molecule has 2 aromatic rings. The monoisotopic (exact) mass is 373 g/mol. The smallest absolute Gasteiger partial charge is 0.341 e. The summed E-state index contributed by atoms with van der Waals surface area (Å²) in [5.41, 5.74) is 7.05. The van der Waals surface area contributed by atoms with Crippen LogP contribution in [0.4, 0.5) is 10.1 Å². The fourth-order valence-electron chi connectivity index (χ4n) is 4.30. The SMILES string of the molecule is Cc1c(N2CC[C@H]([C@H](C)N)C2)c(F)cc2cc(C(=O)O)c(=O)n(C3CC3)c12. The lowest BCUT2D eigenvalue weighted by Crippen LogP contribution is -2.31. The number of rotatable bonds is 4. The van der Waals surface area contributed by atoms with Crippen molar-refractivity contribution in [2.45, 2.75) is 45.2 Å². The van der Waals surface area contributed by atoms with Crippen molar-refractivity contribution in [3.63, 3.8) is 0 Å². The van der Waals surface area contributed by atoms with Gasteiger partial charge in [0.15, 0.2) is 0 Å². The van der Waals surface area contributed by atoms with Crippen molar-refractivity contribution in [1.29, 1.82) is 0 Å². The van der Waals surface area contributed by atoms with E-state index in [2.05, 4.69) is 0 Å². The lowest BCUT2D eigenvalue weighted by atomic mass is 10.0. The van der Waals surface area contributed by atoms with Gasteiger partial charge in [0.05, 0.1) is 11.2 Å². The number of aromatic carboxylic acids is 1. The molecule has 0 amide bonds. The molecule has 0 bridgehead atoms. The van der Waals surface area contributed by atoms with E-state index in [1.54, 1.807) is 4.57 Å². The molecule has 1 aromatic carbocycles. The molecule has 2 fully saturated rings. The minimum Gasteiger partial charge on any atom is -0.477 e. The van der Waals surface area contributed by atoms with E-state index in [1.807, 2.05) is 18.7 Å². The summed E-state index contributed by atoms with van der Waals surface area (Å²) in [6.07, 6.45) is 2.57. The first-order valence-corrected chi connectivity index (χ1v) is 9.41. The third-order valence-electron chi connectivity index (χ3n) is 5.91. The molecule has 144 valence electrons. The fourth-order valence-corrected chi connectivity index (χ4v) is 4.30. The van der Waals surface area contributed by atoms with Gasteiger partial charge in [0.1, 0.15) is 11.4 Å². The number of anilines is 1. The van der Waals surface area contributed by atoms with Crippen molar-refractivity contribution >= 4 is 22.6 Å². The highest BCUT2D eigenvalue weighted by Crippen LogP contribution is 2.40. The first-order valence-electron chi connectivity index (χ1n) is 9.41. The zero-order valence-electron chi connectivity index (χ0n) is 15.5. The largest absolute Gasteiger partial charge is 0.477 e. The lowest BCUT2D eigenvalue weighted by molar-refractivity contribution is 0.0694. The van der Waals surface area contributed by atoms with Crippen LogP contribution in [0.5, 0.6) is 0 Å². The molecule has 1 aliphatic carbocycles. The Bertz CT molecular complexity index is 994. The molecule has 6 nitrogen and oxygen atoms in total. The van der Waals surface area contributed by atoms with Crippen molar-refractivity contribution < 1.29 is 14.3 Å². The number of carboxylic acids is 1. The second-order valence-corrected chi connectivity index (χ2v) is 7.89. The third kappa shape index (κ3) is 2.90. The number of fused-ring (bicyclic) bond motifs is 1. The molecule has 1 aliphatic heterocycles. The Morgan fingerprint density at radius 3 is 2.59 bits per heavy atom. The summed E-state index contributed by atoms with van der Waals surface area (Å²) in [4.78, 5) is 26.3. The average Bonchev–Trinajstić information content (AvgIpc) is 3.31. The Hall–Kier alpha value is -2.41. The van der Waals surface area contributed by atoms with Crippen LogP contribution in [0.15, 0.2) is 16.9 Å². The number of hydrogen-bond acceptors (Lipinski definition) is 4. The zero-order chi connectivity index (χ0) is 19.5. The molecule has 0 spiro atoms. The van der Waals surface area contributed by atoms with Crippen LogP contribution >= 0.6 is 0 Å². The number of hydrogen-bond donors (Lipinski definition) is 2. The normalized spacial score (nSPS) is 21.0. The summed E-state index contributed by atoms with van der Waals surface area (Å²) in [5.74, 6) is -1.36. The fraction of sp³-hybridized carbons (Fsp3) is 0.500. The first kappa shape index (κ1) is 18.0. The molecule has 1 saturated heterocycles. The third-order valence-corrected chi connectivity index (χ3v) is 5.91. The quantitative estimate of drug-likeness (QED) is 0.860. The van der Waals surface area contributed by atoms with Gasteiger partial charge in [-0.1, -0.05) is 0 Å². The van der Waals surface area contributed by atoms with E-state index in [1.165, 1.54) is 12.1 Å². The highest BCUT2D eigenvalue weighted by Gasteiger charge is 2.32. The maximum Gasteiger partial charge on any atom is 0.341 e. The summed E-state index contributed by atoms with van der Waals surface area (Å²) in [7, 11) is 0. The van der Waals surface area contributed by atoms with Gasteiger partial charge in [0.25, 0.3) is 5.56 Å². The zero-order valence-corrected chi connectivity index (χ0v) is 15.5. The molecule has 1 aromatic heterocycles. The first-order chi connectivity index (χ1) is 12.8. The highest BCUT2D eigenvalue weighted by molar-refractivity contribution is 5.95. The van der Waals surface area contributed by atoms with E-state index in [0.29, 0.717) is 34.6 Å². The van der Waals surface area contributed by atoms with E-state index in [4.69, 9.17) is 5.73 Å². The topological polar surface area (TPSA) is 88.6 Å². The molecule has 0 unspecified atom stereocenters. The van der Waals surface area contributed by atoms with Crippen molar-refractivity contribution in [3.8, 4) is 0 Å². The van der Waals surface area contributed by atoms with Crippen LogP contribution in [-0.4, -0.2) is 34.8 Å². The molecule has 7 heteroatoms. The Morgan fingerprint density at radius 2 is 2.04 bits per heavy atom. The molecule has 27 heavy (non-hydrogen) atoms. The van der Waals surface area contributed by atoms with Gasteiger partial charge in [0.2, 0.25) is 0 Å². The number of nitrogens with zero attached hydrogens (tertiary/aromatic N) is 2. The Balaban J connectivity index is 1.93. The summed E-state index contributed by atoms with van der Waals surface area (Å²) in [6.45, 7) is 5.19. The number of nitrogens with two attached hydrogens (primary N) is 1. The molecule has 2 heterocycles. The van der Waals surface area contributed by atoms with Gasteiger partial charge in [-0.25, -0.2) is 9.18 Å². The maximum atomic E-state index is 15.0. The van der Waals surface area contributed by atoms with Crippen LogP contribution in [-0.2, 0) is 0 Å². The van der Waals surface area contributed by atoms with E-state index in [-0.39, 0.29) is 23.5 Å². The molecular formula is C20H24FN3O3. The summed E-state index contributed by atoms with van der Waals surface area (Å²) in [5, 5.41) is 9.83. The maximum absolute atomic E-state index is 15.0. The number of carboxylic acid groups (broad SMARTS) is 1. The molecule has 2 atom stereocenters. The van der Waals surface area contributed by atoms with Crippen molar-refractivity contribution in [2.75, 3.05) is 18.0 Å². The number of pyridine rings is 1. The summed E-state index contributed by atoms with van der Waals surface area (Å²) >= 11 is 0. The predicted octanol–water partition coefficient (Wildman–Crippen LogP) is 2.66. The Morgan fingerprint density at radius 1 is 1.33 bits per heavy atom. The second-order valence-electron chi connectivity index (χ2n) is 7.89. The standard InChI is InChI=1S/C20H24FN3O3/c1-10-17-13(7-15(20(26)27)19(25)24(17)14-3-4-14)8-16(21)18(10)23-6-5-12(9-23)11(2)22/h7-8,11-12,14H,3-6,9,22H2,1-2H3,(H,26,27)/t11-,12-/m0/s1. The Kier molecular flexibility index (Phi) is 4.22. The molecule has 3 N–H and O–H groups in total. The lowest BCUT2D eigenvalue weighted by Gasteiger charge is -2.25. The van der Waals surface area contributed by atoms with Gasteiger partial charge in [-0.15, -0.1) is 0 Å². The van der Waals surface area contributed by atoms with Crippen LogP contribution in [0, 0.1) is 18.7 Å². The average molecular weight is 373 g/mol. The molecular weight excluding hydrogens is 349 g/mol. The van der Waals surface area contributed by atoms with Gasteiger partial charge < -0.3 is 20.3 Å². The molecule has 1 saturated carbocycles. The van der Waals surface area contributed by atoms with E-state index in [0.717, 1.165) is 25.8 Å². The summed E-state index contributed by atoms with van der Waals surface area (Å²) in [6, 6.07) is 2.70. The van der Waals surface area contributed by atoms with Gasteiger partial charge in [-0.3, -0.25) is 4.79 Å². The number of aromatic nitrogens is 1. The second kappa shape index (κ2) is 6.34. The van der Waals surface area contributed by atoms with Gasteiger partial charge in [0, 0.05) is 30.6 Å². The van der Waals surface area contributed by atoms with Crippen LogP contribution in [0.3, 0.4) is 0 Å². The summed E-state index contributed by atoms with van der Waals surface area (Å²) < 4.78 is 16.6. The number of benzene rings is 1. The number of halogens is 1. The van der Waals surface area contributed by atoms with Gasteiger partial charge in [-0.2, -0.15) is 0 Å². The van der Waals surface area contributed by atoms with Crippen molar-refractivity contribution in [3.05, 3.63) is 39.4 Å². The van der Waals surface area contributed by atoms with Crippen molar-refractivity contribution in [2.24, 2.45) is 11.7 Å². The Labute approximate surface area is 156 Å². The minimum atomic E-state index is -1.28. The van der Waals surface area contributed by atoms with Crippen molar-refractivity contribution in [1.82, 2.24) is 4.57 Å². The van der Waals surface area contributed by atoms with Crippen LogP contribution in [0.25, 0.3) is 10.9 Å². The predicted molar refractivity (Wildman–Crippen MR) is 102 cm³/mol. The van der Waals surface area contributed by atoms with E-state index in [9.17, 15) is 14.7 Å². The van der Waals surface area contributed by atoms with Crippen LogP contribution in [0.1, 0.15) is 48.1 Å². The highest BCUT2D eigenvalue weighted by atomic mass is 19.1. The van der Waals surface area contributed by atoms with Gasteiger partial charge >= 0.3 is 5.97 Å². The number of aryl methyl sites for hydroxylation is 1. The minimum absolute atomic E-state index is 0.00768.